The number of methoxy groups -OCH3 is 1. The van der Waals surface area contributed by atoms with E-state index >= 15 is 0 Å². The van der Waals surface area contributed by atoms with E-state index in [0.717, 1.165) is 30.1 Å². The average molecular weight is 222 g/mol. The van der Waals surface area contributed by atoms with Crippen LogP contribution in [0, 0.1) is 6.92 Å². The number of rotatable bonds is 6. The van der Waals surface area contributed by atoms with E-state index in [1.165, 1.54) is 6.42 Å². The highest BCUT2D eigenvalue weighted by Gasteiger charge is 2.10. The van der Waals surface area contributed by atoms with Gasteiger partial charge < -0.3 is 10.1 Å². The van der Waals surface area contributed by atoms with Gasteiger partial charge in [-0.15, -0.1) is 0 Å². The lowest BCUT2D eigenvalue weighted by molar-refractivity contribution is 0.413. The lowest BCUT2D eigenvalue weighted by Gasteiger charge is -2.18. The van der Waals surface area contributed by atoms with Crippen LogP contribution in [0.4, 0.5) is 5.82 Å². The highest BCUT2D eigenvalue weighted by Crippen LogP contribution is 2.23. The van der Waals surface area contributed by atoms with Crippen LogP contribution in [0.1, 0.15) is 38.8 Å². The van der Waals surface area contributed by atoms with Gasteiger partial charge >= 0.3 is 0 Å². The van der Waals surface area contributed by atoms with E-state index in [4.69, 9.17) is 4.74 Å². The minimum absolute atomic E-state index is 0.480. The Labute approximate surface area is 98.2 Å². The Balaban J connectivity index is 2.80. The minimum Gasteiger partial charge on any atom is -0.493 e. The number of aryl methyl sites for hydroxylation is 1. The third kappa shape index (κ3) is 3.40. The fraction of sp³-hybridized carbons (Fsp3) is 0.615. The lowest BCUT2D eigenvalue weighted by Crippen LogP contribution is -2.19. The highest BCUT2D eigenvalue weighted by molar-refractivity contribution is 5.51. The van der Waals surface area contributed by atoms with Crippen molar-refractivity contribution in [2.45, 2.75) is 46.1 Å². The van der Waals surface area contributed by atoms with Gasteiger partial charge in [-0.25, -0.2) is 4.98 Å². The van der Waals surface area contributed by atoms with Crippen molar-refractivity contribution >= 4 is 5.82 Å². The second-order valence-electron chi connectivity index (χ2n) is 4.04. The van der Waals surface area contributed by atoms with Crippen molar-refractivity contribution in [1.82, 2.24) is 4.98 Å². The molecule has 1 N–H and O–H groups in total. The first-order valence-corrected chi connectivity index (χ1v) is 5.99. The molecule has 1 heterocycles. The van der Waals surface area contributed by atoms with E-state index < -0.39 is 0 Å². The normalized spacial score (nSPS) is 12.2. The summed E-state index contributed by atoms with van der Waals surface area (Å²) in [7, 11) is 1.68. The molecule has 0 saturated carbocycles. The molecule has 0 aliphatic carbocycles. The molecule has 0 aromatic carbocycles. The Morgan fingerprint density at radius 2 is 2.12 bits per heavy atom. The second kappa shape index (κ2) is 6.36. The molecule has 0 amide bonds. The van der Waals surface area contributed by atoms with Gasteiger partial charge in [-0.3, -0.25) is 0 Å². The SMILES string of the molecule is CCCC(CC)Nc1nc(C)ccc1OC. The number of hydrogen-bond donors (Lipinski definition) is 1. The third-order valence-corrected chi connectivity index (χ3v) is 2.69. The van der Waals surface area contributed by atoms with Gasteiger partial charge in [-0.05, 0) is 31.9 Å². The van der Waals surface area contributed by atoms with E-state index in [2.05, 4.69) is 24.1 Å². The highest BCUT2D eigenvalue weighted by atomic mass is 16.5. The van der Waals surface area contributed by atoms with Gasteiger partial charge in [0.1, 0.15) is 0 Å². The first kappa shape index (κ1) is 12.8. The predicted octanol–water partition coefficient (Wildman–Crippen LogP) is 3.39. The van der Waals surface area contributed by atoms with Crippen LogP contribution >= 0.6 is 0 Å². The molecular weight excluding hydrogens is 200 g/mol. The molecule has 3 heteroatoms. The molecule has 0 fully saturated rings. The third-order valence-electron chi connectivity index (χ3n) is 2.69. The molecule has 1 atom stereocenters. The number of hydrogen-bond acceptors (Lipinski definition) is 3. The number of nitrogens with one attached hydrogen (secondary N) is 1. The molecule has 16 heavy (non-hydrogen) atoms. The Bertz CT molecular complexity index is 326. The number of aromatic nitrogens is 1. The van der Waals surface area contributed by atoms with Crippen LogP contribution in [0.3, 0.4) is 0 Å². The van der Waals surface area contributed by atoms with Gasteiger partial charge in [0.05, 0.1) is 7.11 Å². The van der Waals surface area contributed by atoms with Crippen molar-refractivity contribution in [1.29, 1.82) is 0 Å². The number of ether oxygens (including phenoxy) is 1. The summed E-state index contributed by atoms with van der Waals surface area (Å²) in [4.78, 5) is 4.48. The van der Waals surface area contributed by atoms with E-state index in [1.54, 1.807) is 7.11 Å². The smallest absolute Gasteiger partial charge is 0.169 e. The van der Waals surface area contributed by atoms with Gasteiger partial charge in [0, 0.05) is 11.7 Å². The van der Waals surface area contributed by atoms with Crippen LogP contribution in [0.15, 0.2) is 12.1 Å². The molecule has 1 unspecified atom stereocenters. The van der Waals surface area contributed by atoms with Crippen LogP contribution in [0.25, 0.3) is 0 Å². The second-order valence-corrected chi connectivity index (χ2v) is 4.04. The predicted molar refractivity (Wildman–Crippen MR) is 68.1 cm³/mol. The number of nitrogens with zero attached hydrogens (tertiary/aromatic N) is 1. The maximum atomic E-state index is 5.30. The fourth-order valence-electron chi connectivity index (χ4n) is 1.73. The van der Waals surface area contributed by atoms with Crippen molar-refractivity contribution < 1.29 is 4.74 Å². The monoisotopic (exact) mass is 222 g/mol. The lowest BCUT2D eigenvalue weighted by atomic mass is 10.1. The van der Waals surface area contributed by atoms with Gasteiger partial charge in [-0.2, -0.15) is 0 Å². The molecule has 3 nitrogen and oxygen atoms in total. The van der Waals surface area contributed by atoms with Crippen LogP contribution in [-0.4, -0.2) is 18.1 Å². The summed E-state index contributed by atoms with van der Waals surface area (Å²) in [6, 6.07) is 4.40. The summed E-state index contributed by atoms with van der Waals surface area (Å²) in [5, 5.41) is 3.45. The zero-order valence-electron chi connectivity index (χ0n) is 10.7. The van der Waals surface area contributed by atoms with Gasteiger partial charge in [0.15, 0.2) is 11.6 Å². The van der Waals surface area contributed by atoms with Crippen molar-refractivity contribution in [2.75, 3.05) is 12.4 Å². The first-order chi connectivity index (χ1) is 7.71. The Morgan fingerprint density at radius 3 is 2.69 bits per heavy atom. The maximum absolute atomic E-state index is 5.30. The van der Waals surface area contributed by atoms with E-state index in [-0.39, 0.29) is 0 Å². The minimum atomic E-state index is 0.480. The van der Waals surface area contributed by atoms with Crippen LogP contribution < -0.4 is 10.1 Å². The molecule has 90 valence electrons. The summed E-state index contributed by atoms with van der Waals surface area (Å²) < 4.78 is 5.30. The molecule has 0 aliphatic rings. The molecule has 0 spiro atoms. The van der Waals surface area contributed by atoms with Crippen LogP contribution in [-0.2, 0) is 0 Å². The molecular formula is C13H22N2O. The summed E-state index contributed by atoms with van der Waals surface area (Å²) in [5.41, 5.74) is 1.01. The zero-order chi connectivity index (χ0) is 12.0. The largest absolute Gasteiger partial charge is 0.493 e. The molecule has 0 aliphatic heterocycles. The van der Waals surface area contributed by atoms with Gasteiger partial charge in [0.25, 0.3) is 0 Å². The fourth-order valence-corrected chi connectivity index (χ4v) is 1.73. The van der Waals surface area contributed by atoms with Crippen molar-refractivity contribution in [3.8, 4) is 5.75 Å². The Hall–Kier alpha value is -1.25. The number of anilines is 1. The number of pyridine rings is 1. The van der Waals surface area contributed by atoms with Crippen molar-refractivity contribution in [2.24, 2.45) is 0 Å². The summed E-state index contributed by atoms with van der Waals surface area (Å²) in [5.74, 6) is 1.68. The van der Waals surface area contributed by atoms with Crippen molar-refractivity contribution in [3.05, 3.63) is 17.8 Å². The topological polar surface area (TPSA) is 34.2 Å². The quantitative estimate of drug-likeness (QED) is 0.801. The Morgan fingerprint density at radius 1 is 1.38 bits per heavy atom. The van der Waals surface area contributed by atoms with E-state index in [1.807, 2.05) is 19.1 Å². The van der Waals surface area contributed by atoms with Crippen LogP contribution in [0.2, 0.25) is 0 Å². The first-order valence-electron chi connectivity index (χ1n) is 5.99. The standard InChI is InChI=1S/C13H22N2O/c1-5-7-11(6-2)15-13-12(16-4)9-8-10(3)14-13/h8-9,11H,5-7H2,1-4H3,(H,14,15). The summed E-state index contributed by atoms with van der Waals surface area (Å²) >= 11 is 0. The molecule has 1 aromatic heterocycles. The van der Waals surface area contributed by atoms with E-state index in [9.17, 15) is 0 Å². The average Bonchev–Trinajstić information content (AvgIpc) is 2.29. The molecule has 0 bridgehead atoms. The molecule has 0 saturated heterocycles. The zero-order valence-corrected chi connectivity index (χ0v) is 10.7. The van der Waals surface area contributed by atoms with Crippen molar-refractivity contribution in [3.63, 3.8) is 0 Å². The van der Waals surface area contributed by atoms with Gasteiger partial charge in [0.2, 0.25) is 0 Å². The van der Waals surface area contributed by atoms with Gasteiger partial charge in [-0.1, -0.05) is 20.3 Å². The summed E-state index contributed by atoms with van der Waals surface area (Å²) in [6.07, 6.45) is 3.45. The maximum Gasteiger partial charge on any atom is 0.169 e. The summed E-state index contributed by atoms with van der Waals surface area (Å²) in [6.45, 7) is 6.38. The van der Waals surface area contributed by atoms with E-state index in [0.29, 0.717) is 6.04 Å². The Kier molecular flexibility index (Phi) is 5.09. The molecule has 1 aromatic rings. The molecule has 1 rings (SSSR count). The molecule has 0 radical (unpaired) electrons. The van der Waals surface area contributed by atoms with Crippen LogP contribution in [0.5, 0.6) is 5.75 Å².